The maximum Gasteiger partial charge on any atom is 0.326 e. The number of aliphatic hydroxyl groups excluding tert-OH is 1. The molecule has 0 aliphatic rings. The van der Waals surface area contributed by atoms with Gasteiger partial charge in [0.05, 0.1) is 19.1 Å². The Morgan fingerprint density at radius 2 is 1.13 bits per heavy atom. The minimum atomic E-state index is -1.88. The molecule has 0 fully saturated rings. The molecule has 1 heterocycles. The summed E-state index contributed by atoms with van der Waals surface area (Å²) in [7, 11) is 0. The van der Waals surface area contributed by atoms with Crippen LogP contribution in [0.3, 0.4) is 0 Å². The van der Waals surface area contributed by atoms with Gasteiger partial charge < -0.3 is 86.6 Å². The fourth-order valence-corrected chi connectivity index (χ4v) is 6.62. The number of fused-ring (bicyclic) bond motifs is 1. The van der Waals surface area contributed by atoms with E-state index in [9.17, 15) is 58.5 Å². The lowest BCUT2D eigenvalue weighted by Gasteiger charge is -2.27. The number of aliphatic imine (C=N–C) groups is 2. The predicted octanol–water partition coefficient (Wildman–Crippen LogP) is -5.08. The Hall–Kier alpha value is -7.55. The lowest BCUT2D eigenvalue weighted by Crippen LogP contribution is -2.61. The van der Waals surface area contributed by atoms with E-state index in [4.69, 9.17) is 34.4 Å². The molecule has 2 aromatic rings. The van der Waals surface area contributed by atoms with E-state index >= 15 is 0 Å². The molecule has 0 unspecified atom stereocenters. The number of aromatic nitrogens is 1. The van der Waals surface area contributed by atoms with Gasteiger partial charge in [0.25, 0.3) is 0 Å². The topological polar surface area (TPSA) is 483 Å². The average Bonchev–Trinajstić information content (AvgIpc) is 3.67. The standard InChI is InChI=1S/C41H65N15O12/c1-20(2)15-27(53-38(66)30(19-57)56-34(62)25(10-6-14-49-41(46)47)51-33(61)23(42)8-5-13-48-40(44)45)35(63)54-28(16-21-18-50-24-9-4-3-7-22(21)24)36(64)55-29(17-32(59)60)37(65)52-26(39(67)68)11-12-31(43)58/h3-4,7,9,18,20,23,25-30,50,57H,5-6,8,10-17,19,42H2,1-2H3,(H2,43,58)(H,51,61)(H,52,65)(H,53,66)(H,54,63)(H,55,64)(H,56,62)(H,59,60)(H,67,68)(H4,44,45,48)(H4,46,47,49)/t23-,25-,26-,27-,28-,29-,30-/m0/s1. The summed E-state index contributed by atoms with van der Waals surface area (Å²) in [5.41, 5.74) is 33.8. The van der Waals surface area contributed by atoms with Crippen molar-refractivity contribution in [1.82, 2.24) is 36.9 Å². The van der Waals surface area contributed by atoms with Crippen LogP contribution < -0.4 is 66.3 Å². The van der Waals surface area contributed by atoms with Crippen LogP contribution >= 0.6 is 0 Å². The number of nitrogens with zero attached hydrogens (tertiary/aromatic N) is 2. The Kier molecular flexibility index (Phi) is 23.7. The van der Waals surface area contributed by atoms with E-state index < -0.39 is 121 Å². The van der Waals surface area contributed by atoms with Crippen molar-refractivity contribution < 1.29 is 58.5 Å². The number of carboxylic acids is 2. The molecule has 0 spiro atoms. The first-order valence-corrected chi connectivity index (χ1v) is 21.6. The van der Waals surface area contributed by atoms with Gasteiger partial charge in [-0.2, -0.15) is 0 Å². The molecule has 27 heteroatoms. The summed E-state index contributed by atoms with van der Waals surface area (Å²) in [4.78, 5) is 128. The van der Waals surface area contributed by atoms with Crippen LogP contribution in [-0.2, 0) is 49.6 Å². The van der Waals surface area contributed by atoms with E-state index in [2.05, 4.69) is 46.9 Å². The minimum absolute atomic E-state index is 0.0441. The number of guanidine groups is 2. The predicted molar refractivity (Wildman–Crippen MR) is 246 cm³/mol. The molecule has 0 aliphatic heterocycles. The summed E-state index contributed by atoms with van der Waals surface area (Å²) in [5.74, 6) is -10.5. The number of amides is 7. The van der Waals surface area contributed by atoms with Crippen LogP contribution in [0.2, 0.25) is 0 Å². The summed E-state index contributed by atoms with van der Waals surface area (Å²) >= 11 is 0. The van der Waals surface area contributed by atoms with E-state index in [1.165, 1.54) is 0 Å². The van der Waals surface area contributed by atoms with Crippen LogP contribution in [0.5, 0.6) is 0 Å². The van der Waals surface area contributed by atoms with Crippen molar-refractivity contribution in [2.75, 3.05) is 19.7 Å². The number of H-pyrrole nitrogens is 1. The van der Waals surface area contributed by atoms with Crippen molar-refractivity contribution in [1.29, 1.82) is 0 Å². The third-order valence-electron chi connectivity index (χ3n) is 10.1. The van der Waals surface area contributed by atoms with Crippen LogP contribution in [0.25, 0.3) is 10.9 Å². The van der Waals surface area contributed by atoms with Crippen LogP contribution in [0, 0.1) is 5.92 Å². The number of carboxylic acid groups (broad SMARTS) is 2. The van der Waals surface area contributed by atoms with E-state index in [1.807, 2.05) is 0 Å². The zero-order valence-electron chi connectivity index (χ0n) is 37.9. The molecule has 27 nitrogen and oxygen atoms in total. The molecular formula is C41H65N15O12. The monoisotopic (exact) mass is 959 g/mol. The van der Waals surface area contributed by atoms with Gasteiger partial charge in [-0.15, -0.1) is 0 Å². The molecule has 7 atom stereocenters. The number of aliphatic carboxylic acids is 2. The molecule has 0 saturated carbocycles. The summed E-state index contributed by atoms with van der Waals surface area (Å²) in [6.07, 6.45) is -0.0451. The lowest BCUT2D eigenvalue weighted by molar-refractivity contribution is -0.144. The first-order chi connectivity index (χ1) is 32.0. The number of aromatic amines is 1. The molecule has 22 N–H and O–H groups in total. The van der Waals surface area contributed by atoms with Crippen molar-refractivity contribution in [2.24, 2.45) is 50.3 Å². The van der Waals surface area contributed by atoms with Crippen molar-refractivity contribution in [2.45, 2.75) is 114 Å². The third-order valence-corrected chi connectivity index (χ3v) is 10.1. The molecule has 0 bridgehead atoms. The maximum absolute atomic E-state index is 14.2. The van der Waals surface area contributed by atoms with E-state index in [0.29, 0.717) is 22.9 Å². The molecule has 2 rings (SSSR count). The highest BCUT2D eigenvalue weighted by Gasteiger charge is 2.35. The number of nitrogens with one attached hydrogen (secondary N) is 7. The van der Waals surface area contributed by atoms with Crippen LogP contribution in [0.15, 0.2) is 40.4 Å². The highest BCUT2D eigenvalue weighted by Crippen LogP contribution is 2.20. The Labute approximate surface area is 390 Å². The number of primary amides is 1. The van der Waals surface area contributed by atoms with Crippen LogP contribution in [0.4, 0.5) is 0 Å². The van der Waals surface area contributed by atoms with Gasteiger partial charge in [0, 0.05) is 43.0 Å². The maximum atomic E-state index is 14.2. The van der Waals surface area contributed by atoms with Crippen LogP contribution in [0.1, 0.15) is 70.8 Å². The Bertz CT molecular complexity index is 2140. The first-order valence-electron chi connectivity index (χ1n) is 21.6. The second-order valence-corrected chi connectivity index (χ2v) is 16.2. The molecule has 376 valence electrons. The Morgan fingerprint density at radius 3 is 1.71 bits per heavy atom. The van der Waals surface area contributed by atoms with Gasteiger partial charge >= 0.3 is 11.9 Å². The van der Waals surface area contributed by atoms with Crippen molar-refractivity contribution in [3.05, 3.63) is 36.0 Å². The first kappa shape index (κ1) is 56.6. The number of nitrogens with two attached hydrogens (primary N) is 6. The van der Waals surface area contributed by atoms with Gasteiger partial charge in [-0.05, 0) is 56.1 Å². The second kappa shape index (κ2) is 28.5. The van der Waals surface area contributed by atoms with Gasteiger partial charge in [-0.1, -0.05) is 32.0 Å². The number of hydrogen-bond acceptors (Lipinski definition) is 13. The number of carbonyl (C=O) groups excluding carboxylic acids is 7. The summed E-state index contributed by atoms with van der Waals surface area (Å²) < 4.78 is 0. The fourth-order valence-electron chi connectivity index (χ4n) is 6.62. The SMILES string of the molecule is CC(C)C[C@H](NC(=O)[C@H](CO)NC(=O)[C@H](CCCN=C(N)N)NC(=O)[C@@H](N)CCCN=C(N)N)C(=O)N[C@@H](Cc1c[nH]c2ccccc12)C(=O)N[C@@H](CC(=O)O)C(=O)N[C@@H](CCC(N)=O)C(=O)O. The van der Waals surface area contributed by atoms with E-state index in [1.54, 1.807) is 44.3 Å². The molecule has 68 heavy (non-hydrogen) atoms. The summed E-state index contributed by atoms with van der Waals surface area (Å²) in [6, 6.07) is -3.71. The Morgan fingerprint density at radius 1 is 0.632 bits per heavy atom. The smallest absolute Gasteiger partial charge is 0.326 e. The molecule has 7 amide bonds. The van der Waals surface area contributed by atoms with Gasteiger partial charge in [0.15, 0.2) is 11.9 Å². The summed E-state index contributed by atoms with van der Waals surface area (Å²) in [5, 5.41) is 44.6. The van der Waals surface area contributed by atoms with E-state index in [-0.39, 0.29) is 63.0 Å². The highest BCUT2D eigenvalue weighted by molar-refractivity contribution is 5.98. The van der Waals surface area contributed by atoms with Gasteiger partial charge in [-0.25, -0.2) is 4.79 Å². The molecular weight excluding hydrogens is 895 g/mol. The summed E-state index contributed by atoms with van der Waals surface area (Å²) in [6.45, 7) is 2.72. The Balaban J connectivity index is 2.41. The molecule has 0 saturated heterocycles. The normalized spacial score (nSPS) is 14.1. The quantitative estimate of drug-likeness (QED) is 0.0191. The van der Waals surface area contributed by atoms with E-state index in [0.717, 1.165) is 0 Å². The van der Waals surface area contributed by atoms with Crippen molar-refractivity contribution in [3.8, 4) is 0 Å². The van der Waals surface area contributed by atoms with Crippen LogP contribution in [-0.4, -0.2) is 148 Å². The zero-order chi connectivity index (χ0) is 51.1. The number of rotatable bonds is 31. The second-order valence-electron chi connectivity index (χ2n) is 16.2. The van der Waals surface area contributed by atoms with Gasteiger partial charge in [-0.3, -0.25) is 48.3 Å². The third kappa shape index (κ3) is 20.3. The van der Waals surface area contributed by atoms with Crippen molar-refractivity contribution in [3.63, 3.8) is 0 Å². The average molecular weight is 960 g/mol. The number of benzene rings is 1. The lowest BCUT2D eigenvalue weighted by atomic mass is 10.00. The fraction of sp³-hybridized carbons (Fsp3) is 0.537. The minimum Gasteiger partial charge on any atom is -0.481 e. The molecule has 1 aromatic heterocycles. The molecule has 0 radical (unpaired) electrons. The molecule has 1 aromatic carbocycles. The van der Waals surface area contributed by atoms with Crippen molar-refractivity contribution >= 4 is 76.1 Å². The van der Waals surface area contributed by atoms with Gasteiger partial charge in [0.2, 0.25) is 41.4 Å². The number of aliphatic hydroxyl groups is 1. The number of hydrogen-bond donors (Lipinski definition) is 16. The highest BCUT2D eigenvalue weighted by atomic mass is 16.4. The number of carbonyl (C=O) groups is 9. The molecule has 0 aliphatic carbocycles. The zero-order valence-corrected chi connectivity index (χ0v) is 37.9. The number of para-hydroxylation sites is 1. The largest absolute Gasteiger partial charge is 0.481 e. The van der Waals surface area contributed by atoms with Gasteiger partial charge in [0.1, 0.15) is 36.3 Å².